The molecule has 0 aliphatic rings. The summed E-state index contributed by atoms with van der Waals surface area (Å²) in [5, 5.41) is 8.70. The van der Waals surface area contributed by atoms with Gasteiger partial charge >= 0.3 is 0 Å². The maximum absolute atomic E-state index is 13.6. The molecule has 19 heavy (non-hydrogen) atoms. The number of anilines is 1. The molecule has 0 amide bonds. The summed E-state index contributed by atoms with van der Waals surface area (Å²) in [4.78, 5) is 0. The first-order valence-corrected chi connectivity index (χ1v) is 5.79. The van der Waals surface area contributed by atoms with Crippen LogP contribution in [0.3, 0.4) is 0 Å². The first-order chi connectivity index (χ1) is 9.10. The number of benzene rings is 2. The monoisotopic (exact) mass is 256 g/mol. The van der Waals surface area contributed by atoms with E-state index in [1.165, 1.54) is 6.07 Å². The summed E-state index contributed by atoms with van der Waals surface area (Å²) >= 11 is 0. The van der Waals surface area contributed by atoms with Gasteiger partial charge in [-0.1, -0.05) is 6.07 Å². The van der Waals surface area contributed by atoms with Crippen molar-refractivity contribution in [1.29, 1.82) is 5.26 Å². The van der Waals surface area contributed by atoms with Crippen molar-refractivity contribution in [1.82, 2.24) is 0 Å². The van der Waals surface area contributed by atoms with Crippen LogP contribution in [0.15, 0.2) is 36.4 Å². The molecule has 2 N–H and O–H groups in total. The van der Waals surface area contributed by atoms with Crippen molar-refractivity contribution in [2.45, 2.75) is 13.3 Å². The highest BCUT2D eigenvalue weighted by molar-refractivity contribution is 5.52. The van der Waals surface area contributed by atoms with Crippen molar-refractivity contribution >= 4 is 5.69 Å². The van der Waals surface area contributed by atoms with Crippen molar-refractivity contribution in [3.8, 4) is 17.6 Å². The maximum Gasteiger partial charge on any atom is 0.165 e. The Morgan fingerprint density at radius 3 is 2.79 bits per heavy atom. The highest BCUT2D eigenvalue weighted by Crippen LogP contribution is 2.28. The van der Waals surface area contributed by atoms with Crippen LogP contribution in [0.25, 0.3) is 0 Å². The second-order valence-electron chi connectivity index (χ2n) is 4.23. The summed E-state index contributed by atoms with van der Waals surface area (Å²) in [7, 11) is 0. The van der Waals surface area contributed by atoms with Gasteiger partial charge < -0.3 is 10.5 Å². The molecule has 3 nitrogen and oxygen atoms in total. The van der Waals surface area contributed by atoms with Crippen LogP contribution < -0.4 is 10.5 Å². The van der Waals surface area contributed by atoms with Gasteiger partial charge in [-0.15, -0.1) is 0 Å². The molecule has 0 aliphatic carbocycles. The first-order valence-electron chi connectivity index (χ1n) is 5.79. The number of nitrogens with two attached hydrogens (primary N) is 1. The quantitative estimate of drug-likeness (QED) is 0.854. The van der Waals surface area contributed by atoms with Crippen molar-refractivity contribution in [3.05, 3.63) is 53.3 Å². The molecule has 0 heterocycles. The number of hydrogen-bond acceptors (Lipinski definition) is 3. The second kappa shape index (κ2) is 5.40. The van der Waals surface area contributed by atoms with Crippen molar-refractivity contribution in [2.75, 3.05) is 5.73 Å². The van der Waals surface area contributed by atoms with Gasteiger partial charge in [-0.05, 0) is 48.4 Å². The molecule has 2 aromatic carbocycles. The van der Waals surface area contributed by atoms with Gasteiger partial charge in [0, 0.05) is 5.69 Å². The molecule has 0 fully saturated rings. The van der Waals surface area contributed by atoms with E-state index in [9.17, 15) is 4.39 Å². The fraction of sp³-hybridized carbons (Fsp3) is 0.133. The number of hydrogen-bond donors (Lipinski definition) is 1. The molecular formula is C15H13FN2O. The van der Waals surface area contributed by atoms with Crippen molar-refractivity contribution in [2.24, 2.45) is 0 Å². The number of rotatable bonds is 3. The third kappa shape index (κ3) is 3.02. The molecule has 2 aromatic rings. The Balaban J connectivity index is 2.31. The molecule has 2 rings (SSSR count). The SMILES string of the molecule is Cc1ccc(F)c(Oc2ccc(N)c(CC#N)c2)c1. The van der Waals surface area contributed by atoms with Gasteiger partial charge in [-0.2, -0.15) is 5.26 Å². The number of ether oxygens (including phenoxy) is 1. The summed E-state index contributed by atoms with van der Waals surface area (Å²) in [5.41, 5.74) is 7.85. The van der Waals surface area contributed by atoms with E-state index in [1.54, 1.807) is 30.3 Å². The molecule has 0 bridgehead atoms. The number of nitrogen functional groups attached to an aromatic ring is 1. The minimum atomic E-state index is -0.427. The first kappa shape index (κ1) is 12.9. The van der Waals surface area contributed by atoms with Gasteiger partial charge in [-0.3, -0.25) is 0 Å². The molecular weight excluding hydrogens is 243 g/mol. The lowest BCUT2D eigenvalue weighted by molar-refractivity contribution is 0.441. The summed E-state index contributed by atoms with van der Waals surface area (Å²) in [5.74, 6) is 0.195. The van der Waals surface area contributed by atoms with Crippen LogP contribution in [-0.2, 0) is 6.42 Å². The van der Waals surface area contributed by atoms with E-state index >= 15 is 0 Å². The van der Waals surface area contributed by atoms with Crippen LogP contribution in [0.4, 0.5) is 10.1 Å². The topological polar surface area (TPSA) is 59.0 Å². The minimum Gasteiger partial charge on any atom is -0.454 e. The lowest BCUT2D eigenvalue weighted by atomic mass is 10.1. The Bertz CT molecular complexity index is 647. The van der Waals surface area contributed by atoms with Gasteiger partial charge in [0.1, 0.15) is 5.75 Å². The van der Waals surface area contributed by atoms with Gasteiger partial charge in [0.15, 0.2) is 11.6 Å². The third-order valence-corrected chi connectivity index (χ3v) is 2.70. The Labute approximate surface area is 111 Å². The summed E-state index contributed by atoms with van der Waals surface area (Å²) in [6.07, 6.45) is 0.194. The summed E-state index contributed by atoms with van der Waals surface area (Å²) in [6.45, 7) is 1.86. The molecule has 0 aliphatic heterocycles. The van der Waals surface area contributed by atoms with Crippen LogP contribution >= 0.6 is 0 Å². The Hall–Kier alpha value is -2.54. The normalized spacial score (nSPS) is 9.95. The van der Waals surface area contributed by atoms with E-state index in [-0.39, 0.29) is 12.2 Å². The molecule has 0 radical (unpaired) electrons. The van der Waals surface area contributed by atoms with Crippen LogP contribution in [0.2, 0.25) is 0 Å². The zero-order valence-electron chi connectivity index (χ0n) is 10.5. The van der Waals surface area contributed by atoms with E-state index < -0.39 is 5.82 Å². The van der Waals surface area contributed by atoms with E-state index in [4.69, 9.17) is 15.7 Å². The standard InChI is InChI=1S/C15H13FN2O/c1-10-2-4-13(16)15(8-10)19-12-3-5-14(18)11(9-12)6-7-17/h2-5,8-9H,6,18H2,1H3. The minimum absolute atomic E-state index is 0.160. The molecule has 96 valence electrons. The fourth-order valence-electron chi connectivity index (χ4n) is 1.70. The number of aryl methyl sites for hydroxylation is 1. The van der Waals surface area contributed by atoms with Gasteiger partial charge in [0.25, 0.3) is 0 Å². The number of nitrogens with zero attached hydrogens (tertiary/aromatic N) is 1. The lowest BCUT2D eigenvalue weighted by Gasteiger charge is -2.09. The van der Waals surface area contributed by atoms with Crippen LogP contribution in [0.5, 0.6) is 11.5 Å². The highest BCUT2D eigenvalue weighted by Gasteiger charge is 2.07. The predicted molar refractivity (Wildman–Crippen MR) is 71.4 cm³/mol. The Morgan fingerprint density at radius 1 is 1.26 bits per heavy atom. The molecule has 4 heteroatoms. The van der Waals surface area contributed by atoms with E-state index in [0.29, 0.717) is 17.0 Å². The number of halogens is 1. The van der Waals surface area contributed by atoms with Gasteiger partial charge in [0.2, 0.25) is 0 Å². The van der Waals surface area contributed by atoms with Crippen molar-refractivity contribution < 1.29 is 9.13 Å². The second-order valence-corrected chi connectivity index (χ2v) is 4.23. The van der Waals surface area contributed by atoms with Gasteiger partial charge in [0.05, 0.1) is 12.5 Å². The van der Waals surface area contributed by atoms with E-state index in [2.05, 4.69) is 0 Å². The summed E-state index contributed by atoms with van der Waals surface area (Å²) < 4.78 is 19.1. The van der Waals surface area contributed by atoms with Crippen LogP contribution in [0.1, 0.15) is 11.1 Å². The average molecular weight is 256 g/mol. The van der Waals surface area contributed by atoms with Crippen LogP contribution in [0, 0.1) is 24.1 Å². The van der Waals surface area contributed by atoms with Gasteiger partial charge in [-0.25, -0.2) is 4.39 Å². The highest BCUT2D eigenvalue weighted by atomic mass is 19.1. The lowest BCUT2D eigenvalue weighted by Crippen LogP contribution is -1.95. The van der Waals surface area contributed by atoms with Crippen LogP contribution in [-0.4, -0.2) is 0 Å². The number of nitriles is 1. The van der Waals surface area contributed by atoms with E-state index in [0.717, 1.165) is 5.56 Å². The fourth-order valence-corrected chi connectivity index (χ4v) is 1.70. The maximum atomic E-state index is 13.6. The smallest absolute Gasteiger partial charge is 0.165 e. The largest absolute Gasteiger partial charge is 0.454 e. The molecule has 0 atom stereocenters. The molecule has 0 unspecified atom stereocenters. The Morgan fingerprint density at radius 2 is 2.05 bits per heavy atom. The van der Waals surface area contributed by atoms with E-state index in [1.807, 2.05) is 13.0 Å². The van der Waals surface area contributed by atoms with Crippen molar-refractivity contribution in [3.63, 3.8) is 0 Å². The predicted octanol–water partition coefficient (Wildman–Crippen LogP) is 3.57. The molecule has 0 spiro atoms. The third-order valence-electron chi connectivity index (χ3n) is 2.70. The Kier molecular flexibility index (Phi) is 3.67. The zero-order chi connectivity index (χ0) is 13.8. The molecule has 0 saturated carbocycles. The molecule has 0 aromatic heterocycles. The summed E-state index contributed by atoms with van der Waals surface area (Å²) in [6, 6.07) is 11.6. The zero-order valence-corrected chi connectivity index (χ0v) is 10.5. The molecule has 0 saturated heterocycles. The average Bonchev–Trinajstić information content (AvgIpc) is 2.38.